The molecule has 0 amide bonds. The summed E-state index contributed by atoms with van der Waals surface area (Å²) in [6, 6.07) is 8.20. The van der Waals surface area contributed by atoms with Crippen molar-refractivity contribution in [2.75, 3.05) is 0 Å². The normalized spacial score (nSPS) is 10.6. The number of halogens is 1. The Labute approximate surface area is 95.5 Å². The van der Waals surface area contributed by atoms with Gasteiger partial charge >= 0.3 is 0 Å². The van der Waals surface area contributed by atoms with Crippen LogP contribution < -0.4 is 0 Å². The van der Waals surface area contributed by atoms with Crippen molar-refractivity contribution in [1.29, 1.82) is 0 Å². The summed E-state index contributed by atoms with van der Waals surface area (Å²) in [7, 11) is 0. The van der Waals surface area contributed by atoms with Crippen molar-refractivity contribution in [3.8, 4) is 17.0 Å². The molecule has 2 aromatic heterocycles. The molecule has 0 unspecified atom stereocenters. The molecule has 0 atom stereocenters. The van der Waals surface area contributed by atoms with E-state index in [2.05, 4.69) is 15.5 Å². The van der Waals surface area contributed by atoms with E-state index in [9.17, 15) is 4.39 Å². The first-order chi connectivity index (χ1) is 8.34. The summed E-state index contributed by atoms with van der Waals surface area (Å²) in [5.41, 5.74) is 1.05. The Hall–Kier alpha value is -2.50. The van der Waals surface area contributed by atoms with E-state index in [1.165, 1.54) is 17.1 Å². The molecule has 6 heteroatoms. The Morgan fingerprint density at radius 1 is 1.24 bits per heavy atom. The Balaban J connectivity index is 2.13. The number of aromatic nitrogens is 4. The molecule has 17 heavy (non-hydrogen) atoms. The van der Waals surface area contributed by atoms with Crippen molar-refractivity contribution in [3.05, 3.63) is 48.7 Å². The molecule has 0 bridgehead atoms. The molecular weight excluding hydrogens is 223 g/mol. The number of benzene rings is 1. The Bertz CT molecular complexity index is 619. The smallest absolute Gasteiger partial charge is 0.149 e. The minimum Gasteiger partial charge on any atom is -0.464 e. The van der Waals surface area contributed by atoms with E-state index >= 15 is 0 Å². The minimum absolute atomic E-state index is 0.281. The van der Waals surface area contributed by atoms with Crippen molar-refractivity contribution >= 4 is 0 Å². The van der Waals surface area contributed by atoms with Gasteiger partial charge in [-0.1, -0.05) is 0 Å². The quantitative estimate of drug-likeness (QED) is 0.676. The number of furan rings is 1. The van der Waals surface area contributed by atoms with Gasteiger partial charge in [-0.2, -0.15) is 4.68 Å². The van der Waals surface area contributed by atoms with Crippen LogP contribution >= 0.6 is 0 Å². The number of hydrogen-bond donors (Lipinski definition) is 0. The van der Waals surface area contributed by atoms with Gasteiger partial charge in [0.15, 0.2) is 0 Å². The maximum atomic E-state index is 13.6. The molecule has 0 saturated carbocycles. The van der Waals surface area contributed by atoms with E-state index in [0.29, 0.717) is 5.76 Å². The molecule has 0 spiro atoms. The van der Waals surface area contributed by atoms with E-state index in [-0.39, 0.29) is 5.69 Å². The SMILES string of the molecule is Fc1ccc(-c2ccco2)cc1-n1cnnn1. The summed E-state index contributed by atoms with van der Waals surface area (Å²) in [6.45, 7) is 0. The molecule has 84 valence electrons. The molecule has 0 fully saturated rings. The summed E-state index contributed by atoms with van der Waals surface area (Å²) in [6.07, 6.45) is 2.90. The minimum atomic E-state index is -0.396. The molecule has 3 aromatic rings. The fourth-order valence-electron chi connectivity index (χ4n) is 1.56. The standard InChI is InChI=1S/C11H7FN4O/c12-9-4-3-8(11-2-1-5-17-11)6-10(9)16-7-13-14-15-16/h1-7H. The van der Waals surface area contributed by atoms with Gasteiger partial charge in [-0.05, 0) is 40.8 Å². The van der Waals surface area contributed by atoms with Crippen LogP contribution in [0.4, 0.5) is 4.39 Å². The molecule has 5 nitrogen and oxygen atoms in total. The number of tetrazole rings is 1. The van der Waals surface area contributed by atoms with E-state index in [0.717, 1.165) is 5.56 Å². The van der Waals surface area contributed by atoms with Gasteiger partial charge in [0.2, 0.25) is 0 Å². The number of nitrogens with zero attached hydrogens (tertiary/aromatic N) is 4. The van der Waals surface area contributed by atoms with E-state index in [1.807, 2.05) is 0 Å². The monoisotopic (exact) mass is 230 g/mol. The summed E-state index contributed by atoms with van der Waals surface area (Å²) in [5.74, 6) is 0.270. The second-order valence-electron chi connectivity index (χ2n) is 3.40. The maximum Gasteiger partial charge on any atom is 0.149 e. The van der Waals surface area contributed by atoms with Gasteiger partial charge < -0.3 is 4.42 Å². The van der Waals surface area contributed by atoms with Crippen LogP contribution in [0.15, 0.2) is 47.3 Å². The molecular formula is C11H7FN4O. The fraction of sp³-hybridized carbons (Fsp3) is 0. The van der Waals surface area contributed by atoms with Crippen LogP contribution in [0.3, 0.4) is 0 Å². The third-order valence-corrected chi connectivity index (χ3v) is 2.35. The summed E-state index contributed by atoms with van der Waals surface area (Å²) < 4.78 is 20.1. The molecule has 0 saturated heterocycles. The van der Waals surface area contributed by atoms with Crippen molar-refractivity contribution in [1.82, 2.24) is 20.2 Å². The van der Waals surface area contributed by atoms with Gasteiger partial charge in [-0.25, -0.2) is 4.39 Å². The Kier molecular flexibility index (Phi) is 2.18. The second-order valence-corrected chi connectivity index (χ2v) is 3.40. The maximum absolute atomic E-state index is 13.6. The molecule has 0 N–H and O–H groups in total. The number of rotatable bonds is 2. The fourth-order valence-corrected chi connectivity index (χ4v) is 1.56. The zero-order valence-corrected chi connectivity index (χ0v) is 8.62. The van der Waals surface area contributed by atoms with E-state index < -0.39 is 5.82 Å². The molecule has 1 aromatic carbocycles. The van der Waals surface area contributed by atoms with Gasteiger partial charge in [0, 0.05) is 5.56 Å². The van der Waals surface area contributed by atoms with Crippen LogP contribution in [0.25, 0.3) is 17.0 Å². The topological polar surface area (TPSA) is 56.7 Å². The van der Waals surface area contributed by atoms with Gasteiger partial charge in [0.05, 0.1) is 6.26 Å². The lowest BCUT2D eigenvalue weighted by Gasteiger charge is -2.03. The van der Waals surface area contributed by atoms with Crippen molar-refractivity contribution in [2.45, 2.75) is 0 Å². The highest BCUT2D eigenvalue weighted by Gasteiger charge is 2.09. The first-order valence-electron chi connectivity index (χ1n) is 4.91. The van der Waals surface area contributed by atoms with Gasteiger partial charge in [-0.15, -0.1) is 5.10 Å². The summed E-state index contributed by atoms with van der Waals surface area (Å²) >= 11 is 0. The highest BCUT2D eigenvalue weighted by Crippen LogP contribution is 2.23. The molecule has 2 heterocycles. The lowest BCUT2D eigenvalue weighted by atomic mass is 10.1. The third-order valence-electron chi connectivity index (χ3n) is 2.35. The van der Waals surface area contributed by atoms with Crippen molar-refractivity contribution in [3.63, 3.8) is 0 Å². The first kappa shape index (κ1) is 9.71. The number of hydrogen-bond acceptors (Lipinski definition) is 4. The average Bonchev–Trinajstić information content (AvgIpc) is 3.03. The van der Waals surface area contributed by atoms with Gasteiger partial charge in [0.25, 0.3) is 0 Å². The van der Waals surface area contributed by atoms with Crippen LogP contribution in [0.5, 0.6) is 0 Å². The largest absolute Gasteiger partial charge is 0.464 e. The zero-order chi connectivity index (χ0) is 11.7. The van der Waals surface area contributed by atoms with Crippen LogP contribution in [-0.2, 0) is 0 Å². The predicted octanol–water partition coefficient (Wildman–Crippen LogP) is 2.06. The first-order valence-corrected chi connectivity index (χ1v) is 4.91. The van der Waals surface area contributed by atoms with Crippen LogP contribution in [-0.4, -0.2) is 20.2 Å². The highest BCUT2D eigenvalue weighted by molar-refractivity contribution is 5.60. The predicted molar refractivity (Wildman–Crippen MR) is 56.8 cm³/mol. The second kappa shape index (κ2) is 3.82. The zero-order valence-electron chi connectivity index (χ0n) is 8.62. The lowest BCUT2D eigenvalue weighted by molar-refractivity contribution is 0.580. The molecule has 0 aliphatic heterocycles. The molecule has 0 aliphatic rings. The van der Waals surface area contributed by atoms with Gasteiger partial charge in [-0.3, -0.25) is 0 Å². The Morgan fingerprint density at radius 2 is 2.18 bits per heavy atom. The van der Waals surface area contributed by atoms with Crippen LogP contribution in [0.1, 0.15) is 0 Å². The van der Waals surface area contributed by atoms with Crippen molar-refractivity contribution in [2.24, 2.45) is 0 Å². The van der Waals surface area contributed by atoms with E-state index in [4.69, 9.17) is 4.42 Å². The van der Waals surface area contributed by atoms with Gasteiger partial charge in [0.1, 0.15) is 23.6 Å². The van der Waals surface area contributed by atoms with Crippen LogP contribution in [0.2, 0.25) is 0 Å². The van der Waals surface area contributed by atoms with Crippen molar-refractivity contribution < 1.29 is 8.81 Å². The lowest BCUT2D eigenvalue weighted by Crippen LogP contribution is -1.99. The molecule has 0 aliphatic carbocycles. The molecule has 3 rings (SSSR count). The average molecular weight is 230 g/mol. The summed E-state index contributed by atoms with van der Waals surface area (Å²) in [4.78, 5) is 0. The summed E-state index contributed by atoms with van der Waals surface area (Å²) in [5, 5.41) is 10.6. The van der Waals surface area contributed by atoms with E-state index in [1.54, 1.807) is 30.5 Å². The Morgan fingerprint density at radius 3 is 2.88 bits per heavy atom. The third kappa shape index (κ3) is 1.69. The van der Waals surface area contributed by atoms with Crippen LogP contribution in [0, 0.1) is 5.82 Å². The highest BCUT2D eigenvalue weighted by atomic mass is 19.1. The molecule has 0 radical (unpaired) electrons.